The van der Waals surface area contributed by atoms with Gasteiger partial charge in [-0.1, -0.05) is 22.0 Å². The van der Waals surface area contributed by atoms with E-state index in [2.05, 4.69) is 26.6 Å². The Morgan fingerprint density at radius 3 is 2.81 bits per heavy atom. The summed E-state index contributed by atoms with van der Waals surface area (Å²) in [6, 6.07) is 11.3. The molecular weight excluding hydrogens is 332 g/mol. The molecule has 0 aliphatic carbocycles. The van der Waals surface area contributed by atoms with Gasteiger partial charge in [0.05, 0.1) is 12.8 Å². The Balaban J connectivity index is 1.85. The van der Waals surface area contributed by atoms with Crippen molar-refractivity contribution in [1.29, 1.82) is 0 Å². The van der Waals surface area contributed by atoms with Gasteiger partial charge in [0.25, 0.3) is 5.91 Å². The number of carbonyl (C=O) groups is 1. The van der Waals surface area contributed by atoms with E-state index < -0.39 is 0 Å². The van der Waals surface area contributed by atoms with Crippen molar-refractivity contribution in [3.63, 3.8) is 0 Å². The molecule has 4 nitrogen and oxygen atoms in total. The number of fused-ring (bicyclic) bond motifs is 1. The maximum Gasteiger partial charge on any atom is 0.255 e. The van der Waals surface area contributed by atoms with E-state index in [0.717, 1.165) is 17.6 Å². The van der Waals surface area contributed by atoms with E-state index in [1.165, 1.54) is 11.1 Å². The highest BCUT2D eigenvalue weighted by atomic mass is 79.9. The normalized spacial score (nSPS) is 12.9. The minimum atomic E-state index is -0.138. The number of nitrogens with one attached hydrogen (secondary N) is 2. The maximum atomic E-state index is 12.4. The Bertz CT molecular complexity index is 701. The third-order valence-electron chi connectivity index (χ3n) is 3.51. The third kappa shape index (κ3) is 2.94. The standard InChI is InChI=1S/C16H15BrN2O2/c1-21-15-5-4-13(17)7-14(15)19-16(20)10-2-3-11-8-18-9-12(11)6-10/h2-7,18H,8-9H2,1H3,(H,19,20). The largest absolute Gasteiger partial charge is 0.495 e. The molecule has 0 saturated carbocycles. The van der Waals surface area contributed by atoms with Crippen molar-refractivity contribution in [2.45, 2.75) is 13.1 Å². The summed E-state index contributed by atoms with van der Waals surface area (Å²) in [7, 11) is 1.58. The number of carbonyl (C=O) groups excluding carboxylic acids is 1. The van der Waals surface area contributed by atoms with Crippen LogP contribution in [0.3, 0.4) is 0 Å². The lowest BCUT2D eigenvalue weighted by molar-refractivity contribution is 0.102. The Hall–Kier alpha value is -1.85. The molecule has 2 aromatic rings. The van der Waals surface area contributed by atoms with Crippen molar-refractivity contribution in [1.82, 2.24) is 5.32 Å². The van der Waals surface area contributed by atoms with Crippen molar-refractivity contribution in [3.05, 3.63) is 57.6 Å². The van der Waals surface area contributed by atoms with Crippen LogP contribution in [0.4, 0.5) is 5.69 Å². The molecule has 1 heterocycles. The molecule has 0 aromatic heterocycles. The van der Waals surface area contributed by atoms with Crippen LogP contribution in [-0.2, 0) is 13.1 Å². The lowest BCUT2D eigenvalue weighted by atomic mass is 10.1. The number of methoxy groups -OCH3 is 1. The first kappa shape index (κ1) is 14.1. The highest BCUT2D eigenvalue weighted by Gasteiger charge is 2.15. The van der Waals surface area contributed by atoms with E-state index in [-0.39, 0.29) is 5.91 Å². The molecule has 3 rings (SSSR count). The Labute approximate surface area is 131 Å². The fraction of sp³-hybridized carbons (Fsp3) is 0.188. The molecule has 0 bridgehead atoms. The summed E-state index contributed by atoms with van der Waals surface area (Å²) in [5, 5.41) is 6.17. The molecule has 0 fully saturated rings. The van der Waals surface area contributed by atoms with Crippen molar-refractivity contribution in [3.8, 4) is 5.75 Å². The monoisotopic (exact) mass is 346 g/mol. The zero-order valence-corrected chi connectivity index (χ0v) is 13.2. The second-order valence-electron chi connectivity index (χ2n) is 4.89. The van der Waals surface area contributed by atoms with E-state index in [0.29, 0.717) is 17.0 Å². The predicted octanol–water partition coefficient (Wildman–Crippen LogP) is 3.31. The second-order valence-corrected chi connectivity index (χ2v) is 5.80. The van der Waals surface area contributed by atoms with Gasteiger partial charge >= 0.3 is 0 Å². The van der Waals surface area contributed by atoms with Gasteiger partial charge in [-0.25, -0.2) is 0 Å². The third-order valence-corrected chi connectivity index (χ3v) is 4.00. The van der Waals surface area contributed by atoms with Gasteiger partial charge in [0.1, 0.15) is 5.75 Å². The van der Waals surface area contributed by atoms with Crippen LogP contribution >= 0.6 is 15.9 Å². The molecule has 0 radical (unpaired) electrons. The zero-order chi connectivity index (χ0) is 14.8. The number of hydrogen-bond acceptors (Lipinski definition) is 3. The van der Waals surface area contributed by atoms with Gasteiger partial charge in [-0.05, 0) is 41.5 Å². The van der Waals surface area contributed by atoms with Crippen molar-refractivity contribution < 1.29 is 9.53 Å². The second kappa shape index (κ2) is 5.87. The van der Waals surface area contributed by atoms with Gasteiger partial charge in [0, 0.05) is 23.1 Å². The van der Waals surface area contributed by atoms with Crippen LogP contribution < -0.4 is 15.4 Å². The van der Waals surface area contributed by atoms with Gasteiger partial charge in [-0.2, -0.15) is 0 Å². The Morgan fingerprint density at radius 1 is 1.19 bits per heavy atom. The molecule has 0 unspecified atom stereocenters. The summed E-state index contributed by atoms with van der Waals surface area (Å²) < 4.78 is 6.15. The van der Waals surface area contributed by atoms with Crippen LogP contribution in [0.1, 0.15) is 21.5 Å². The average Bonchev–Trinajstić information content (AvgIpc) is 2.94. The highest BCUT2D eigenvalue weighted by Crippen LogP contribution is 2.28. The quantitative estimate of drug-likeness (QED) is 0.896. The van der Waals surface area contributed by atoms with Gasteiger partial charge in [-0.3, -0.25) is 4.79 Å². The SMILES string of the molecule is COc1ccc(Br)cc1NC(=O)c1ccc2c(c1)CNC2. The van der Waals surface area contributed by atoms with Crippen molar-refractivity contribution >= 4 is 27.5 Å². The maximum absolute atomic E-state index is 12.4. The summed E-state index contributed by atoms with van der Waals surface area (Å²) in [5.41, 5.74) is 3.74. The predicted molar refractivity (Wildman–Crippen MR) is 85.6 cm³/mol. The molecule has 2 aromatic carbocycles. The van der Waals surface area contributed by atoms with E-state index in [9.17, 15) is 4.79 Å². The fourth-order valence-electron chi connectivity index (χ4n) is 2.41. The number of benzene rings is 2. The summed E-state index contributed by atoms with van der Waals surface area (Å²) in [6.45, 7) is 1.69. The molecule has 1 amide bonds. The first-order valence-electron chi connectivity index (χ1n) is 6.65. The lowest BCUT2D eigenvalue weighted by Crippen LogP contribution is -2.13. The number of halogens is 1. The number of ether oxygens (including phenoxy) is 1. The number of rotatable bonds is 3. The number of anilines is 1. The average molecular weight is 347 g/mol. The van der Waals surface area contributed by atoms with Crippen LogP contribution in [0.2, 0.25) is 0 Å². The molecular formula is C16H15BrN2O2. The topological polar surface area (TPSA) is 50.4 Å². The lowest BCUT2D eigenvalue weighted by Gasteiger charge is -2.11. The molecule has 1 aliphatic heterocycles. The molecule has 21 heavy (non-hydrogen) atoms. The Morgan fingerprint density at radius 2 is 2.00 bits per heavy atom. The minimum absolute atomic E-state index is 0.138. The van der Waals surface area contributed by atoms with E-state index in [1.54, 1.807) is 7.11 Å². The zero-order valence-electron chi connectivity index (χ0n) is 11.6. The van der Waals surface area contributed by atoms with Crippen LogP contribution in [-0.4, -0.2) is 13.0 Å². The van der Waals surface area contributed by atoms with E-state index >= 15 is 0 Å². The number of hydrogen-bond donors (Lipinski definition) is 2. The van der Waals surface area contributed by atoms with Gasteiger partial charge < -0.3 is 15.4 Å². The summed E-state index contributed by atoms with van der Waals surface area (Å²) in [6.07, 6.45) is 0. The van der Waals surface area contributed by atoms with Crippen molar-refractivity contribution in [2.24, 2.45) is 0 Å². The highest BCUT2D eigenvalue weighted by molar-refractivity contribution is 9.10. The summed E-state index contributed by atoms with van der Waals surface area (Å²) in [4.78, 5) is 12.4. The van der Waals surface area contributed by atoms with E-state index in [4.69, 9.17) is 4.74 Å². The van der Waals surface area contributed by atoms with E-state index in [1.807, 2.05) is 36.4 Å². The van der Waals surface area contributed by atoms with Crippen LogP contribution in [0.5, 0.6) is 5.75 Å². The van der Waals surface area contributed by atoms with Gasteiger partial charge in [0.15, 0.2) is 0 Å². The Kier molecular flexibility index (Phi) is 3.94. The molecule has 0 atom stereocenters. The van der Waals surface area contributed by atoms with Gasteiger partial charge in [0.2, 0.25) is 0 Å². The molecule has 0 saturated heterocycles. The summed E-state index contributed by atoms with van der Waals surface area (Å²) >= 11 is 3.40. The fourth-order valence-corrected chi connectivity index (χ4v) is 2.77. The molecule has 5 heteroatoms. The first-order valence-corrected chi connectivity index (χ1v) is 7.44. The van der Waals surface area contributed by atoms with Crippen LogP contribution in [0, 0.1) is 0 Å². The van der Waals surface area contributed by atoms with Crippen LogP contribution in [0.15, 0.2) is 40.9 Å². The molecule has 0 spiro atoms. The molecule has 2 N–H and O–H groups in total. The summed E-state index contributed by atoms with van der Waals surface area (Å²) in [5.74, 6) is 0.496. The molecule has 1 aliphatic rings. The molecule has 108 valence electrons. The first-order chi connectivity index (χ1) is 10.2. The van der Waals surface area contributed by atoms with Crippen molar-refractivity contribution in [2.75, 3.05) is 12.4 Å². The minimum Gasteiger partial charge on any atom is -0.495 e. The van der Waals surface area contributed by atoms with Gasteiger partial charge in [-0.15, -0.1) is 0 Å². The number of amides is 1. The smallest absolute Gasteiger partial charge is 0.255 e. The van der Waals surface area contributed by atoms with Crippen LogP contribution in [0.25, 0.3) is 0 Å².